The van der Waals surface area contributed by atoms with Crippen LogP contribution in [0.1, 0.15) is 0 Å². The molecule has 0 aliphatic carbocycles. The molecule has 2 N–H and O–H groups in total. The van der Waals surface area contributed by atoms with Gasteiger partial charge in [0.05, 0.1) is 23.8 Å². The predicted molar refractivity (Wildman–Crippen MR) is 76.5 cm³/mol. The molecule has 1 aromatic carbocycles. The Balaban J connectivity index is 2.32. The number of morpholine rings is 1. The number of ether oxygens (including phenoxy) is 1. The second kappa shape index (κ2) is 6.25. The number of phenols is 1. The number of hydrogen-bond donors (Lipinski definition) is 2. The van der Waals surface area contributed by atoms with Crippen LogP contribution in [-0.2, 0) is 19.6 Å². The van der Waals surface area contributed by atoms with E-state index >= 15 is 0 Å². The minimum absolute atomic E-state index is 0.00145. The summed E-state index contributed by atoms with van der Waals surface area (Å²) in [7, 11) is -3.68. The van der Waals surface area contributed by atoms with Gasteiger partial charge in [-0.25, -0.2) is 8.42 Å². The van der Waals surface area contributed by atoms with Crippen LogP contribution in [0.4, 0.5) is 5.69 Å². The minimum Gasteiger partial charge on any atom is -0.506 e. The predicted octanol–water partition coefficient (Wildman–Crippen LogP) is 0.538. The standard InChI is InChI=1S/C13H16N2O5S/c1-2-13(17)14-11-9-10(3-4-12(11)16)21(18,19)15-5-7-20-8-6-15/h2-4,9,16H,1,5-8H2,(H,14,17). The molecule has 1 amide bonds. The number of carbonyl (C=O) groups excluding carboxylic acids is 1. The lowest BCUT2D eigenvalue weighted by atomic mass is 10.3. The maximum Gasteiger partial charge on any atom is 0.247 e. The highest BCUT2D eigenvalue weighted by Gasteiger charge is 2.27. The lowest BCUT2D eigenvalue weighted by Gasteiger charge is -2.26. The monoisotopic (exact) mass is 312 g/mol. The van der Waals surface area contributed by atoms with Crippen LogP contribution in [0.15, 0.2) is 35.7 Å². The normalized spacial score (nSPS) is 16.4. The highest BCUT2D eigenvalue weighted by Crippen LogP contribution is 2.28. The summed E-state index contributed by atoms with van der Waals surface area (Å²) in [5.74, 6) is -0.752. The molecule has 1 aliphatic heterocycles. The summed E-state index contributed by atoms with van der Waals surface area (Å²) < 4.78 is 31.4. The molecule has 0 radical (unpaired) electrons. The molecule has 0 bridgehead atoms. The van der Waals surface area contributed by atoms with Crippen LogP contribution in [0.2, 0.25) is 0 Å². The van der Waals surface area contributed by atoms with Gasteiger partial charge in [-0.15, -0.1) is 0 Å². The molecule has 114 valence electrons. The molecule has 0 atom stereocenters. The first-order valence-corrected chi connectivity index (χ1v) is 7.73. The van der Waals surface area contributed by atoms with Gasteiger partial charge in [0.25, 0.3) is 0 Å². The van der Waals surface area contributed by atoms with Gasteiger partial charge in [0.2, 0.25) is 15.9 Å². The van der Waals surface area contributed by atoms with Crippen molar-refractivity contribution in [1.82, 2.24) is 4.31 Å². The van der Waals surface area contributed by atoms with E-state index in [0.29, 0.717) is 13.2 Å². The van der Waals surface area contributed by atoms with Crippen molar-refractivity contribution in [2.24, 2.45) is 0 Å². The maximum absolute atomic E-state index is 12.5. The van der Waals surface area contributed by atoms with Gasteiger partial charge < -0.3 is 15.2 Å². The van der Waals surface area contributed by atoms with Crippen LogP contribution in [0.5, 0.6) is 5.75 Å². The zero-order valence-electron chi connectivity index (χ0n) is 11.3. The topological polar surface area (TPSA) is 95.9 Å². The fourth-order valence-electron chi connectivity index (χ4n) is 1.90. The van der Waals surface area contributed by atoms with Crippen molar-refractivity contribution >= 4 is 21.6 Å². The van der Waals surface area contributed by atoms with Crippen molar-refractivity contribution in [3.05, 3.63) is 30.9 Å². The first kappa shape index (κ1) is 15.5. The third-order valence-electron chi connectivity index (χ3n) is 3.02. The molecule has 0 saturated carbocycles. The highest BCUT2D eigenvalue weighted by molar-refractivity contribution is 7.89. The molecule has 8 heteroatoms. The number of hydrogen-bond acceptors (Lipinski definition) is 5. The van der Waals surface area contributed by atoms with Crippen molar-refractivity contribution in [2.75, 3.05) is 31.6 Å². The molecule has 2 rings (SSSR count). The summed E-state index contributed by atoms with van der Waals surface area (Å²) in [5.41, 5.74) is 0.0224. The third kappa shape index (κ3) is 3.41. The van der Waals surface area contributed by atoms with Gasteiger partial charge >= 0.3 is 0 Å². The fourth-order valence-corrected chi connectivity index (χ4v) is 3.33. The van der Waals surface area contributed by atoms with Crippen molar-refractivity contribution < 1.29 is 23.1 Å². The molecule has 1 aliphatic rings. The highest BCUT2D eigenvalue weighted by atomic mass is 32.2. The first-order valence-electron chi connectivity index (χ1n) is 6.29. The molecule has 1 fully saturated rings. The first-order chi connectivity index (χ1) is 9.95. The van der Waals surface area contributed by atoms with E-state index in [9.17, 15) is 18.3 Å². The largest absolute Gasteiger partial charge is 0.506 e. The van der Waals surface area contributed by atoms with Gasteiger partial charge in [0.15, 0.2) is 0 Å². The number of anilines is 1. The van der Waals surface area contributed by atoms with Gasteiger partial charge in [0, 0.05) is 13.1 Å². The number of nitrogens with one attached hydrogen (secondary N) is 1. The van der Waals surface area contributed by atoms with E-state index in [-0.39, 0.29) is 29.4 Å². The Labute approximate surface area is 122 Å². The summed E-state index contributed by atoms with van der Waals surface area (Å²) >= 11 is 0. The number of rotatable bonds is 4. The summed E-state index contributed by atoms with van der Waals surface area (Å²) in [6.45, 7) is 4.54. The van der Waals surface area contributed by atoms with Crippen LogP contribution in [-0.4, -0.2) is 50.0 Å². The quantitative estimate of drug-likeness (QED) is 0.625. The average Bonchev–Trinajstić information content (AvgIpc) is 2.50. The third-order valence-corrected chi connectivity index (χ3v) is 4.91. The van der Waals surface area contributed by atoms with E-state index < -0.39 is 15.9 Å². The zero-order chi connectivity index (χ0) is 15.5. The van der Waals surface area contributed by atoms with Gasteiger partial charge in [-0.05, 0) is 24.3 Å². The summed E-state index contributed by atoms with van der Waals surface area (Å²) in [6.07, 6.45) is 1.03. The molecule has 7 nitrogen and oxygen atoms in total. The molecular formula is C13H16N2O5S. The Kier molecular flexibility index (Phi) is 4.61. The Hall–Kier alpha value is -1.90. The van der Waals surface area contributed by atoms with E-state index in [0.717, 1.165) is 6.08 Å². The van der Waals surface area contributed by atoms with Gasteiger partial charge in [-0.2, -0.15) is 4.31 Å². The number of benzene rings is 1. The Morgan fingerprint density at radius 3 is 2.67 bits per heavy atom. The molecule has 0 aromatic heterocycles. The zero-order valence-corrected chi connectivity index (χ0v) is 12.1. The van der Waals surface area contributed by atoms with Crippen molar-refractivity contribution in [3.63, 3.8) is 0 Å². The molecular weight excluding hydrogens is 296 g/mol. The lowest BCUT2D eigenvalue weighted by molar-refractivity contribution is -0.111. The molecule has 21 heavy (non-hydrogen) atoms. The van der Waals surface area contributed by atoms with E-state index in [1.807, 2.05) is 0 Å². The number of aromatic hydroxyl groups is 1. The van der Waals surface area contributed by atoms with E-state index in [2.05, 4.69) is 11.9 Å². The fraction of sp³-hybridized carbons (Fsp3) is 0.308. The summed E-state index contributed by atoms with van der Waals surface area (Å²) in [6, 6.07) is 3.75. The Morgan fingerprint density at radius 1 is 1.38 bits per heavy atom. The van der Waals surface area contributed by atoms with Crippen molar-refractivity contribution in [1.29, 1.82) is 0 Å². The molecule has 1 aromatic rings. The molecule has 1 saturated heterocycles. The minimum atomic E-state index is -3.68. The van der Waals surface area contributed by atoms with Gasteiger partial charge in [-0.1, -0.05) is 6.58 Å². The maximum atomic E-state index is 12.5. The summed E-state index contributed by atoms with van der Waals surface area (Å²) in [5, 5.41) is 12.0. The number of amides is 1. The Morgan fingerprint density at radius 2 is 2.05 bits per heavy atom. The second-order valence-electron chi connectivity index (χ2n) is 4.39. The number of nitrogens with zero attached hydrogens (tertiary/aromatic N) is 1. The van der Waals surface area contributed by atoms with Crippen molar-refractivity contribution in [3.8, 4) is 5.75 Å². The number of carbonyl (C=O) groups is 1. The van der Waals surface area contributed by atoms with E-state index in [4.69, 9.17) is 4.74 Å². The molecule has 0 spiro atoms. The van der Waals surface area contributed by atoms with Crippen LogP contribution in [0.25, 0.3) is 0 Å². The SMILES string of the molecule is C=CC(=O)Nc1cc(S(=O)(=O)N2CCOCC2)ccc1O. The summed E-state index contributed by atoms with van der Waals surface area (Å²) in [4.78, 5) is 11.3. The van der Waals surface area contributed by atoms with Gasteiger partial charge in [0.1, 0.15) is 5.75 Å². The molecule has 1 heterocycles. The second-order valence-corrected chi connectivity index (χ2v) is 6.33. The van der Waals surface area contributed by atoms with Crippen LogP contribution in [0.3, 0.4) is 0 Å². The van der Waals surface area contributed by atoms with E-state index in [1.54, 1.807) is 0 Å². The smallest absolute Gasteiger partial charge is 0.247 e. The number of sulfonamides is 1. The van der Waals surface area contributed by atoms with E-state index in [1.165, 1.54) is 22.5 Å². The van der Waals surface area contributed by atoms with Gasteiger partial charge in [-0.3, -0.25) is 4.79 Å². The molecule has 0 unspecified atom stereocenters. The van der Waals surface area contributed by atoms with Crippen LogP contribution >= 0.6 is 0 Å². The van der Waals surface area contributed by atoms with Crippen LogP contribution in [0, 0.1) is 0 Å². The lowest BCUT2D eigenvalue weighted by Crippen LogP contribution is -2.40. The average molecular weight is 312 g/mol. The number of phenolic OH excluding ortho intramolecular Hbond substituents is 1. The van der Waals surface area contributed by atoms with Crippen molar-refractivity contribution in [2.45, 2.75) is 4.90 Å². The Bertz CT molecular complexity index is 651. The van der Waals surface area contributed by atoms with Crippen LogP contribution < -0.4 is 5.32 Å².